The van der Waals surface area contributed by atoms with Crippen LogP contribution < -0.4 is 0 Å². The summed E-state index contributed by atoms with van der Waals surface area (Å²) in [6.07, 6.45) is 2.44. The molecule has 0 radical (unpaired) electrons. The standard InChI is InChI=1S/C17H12Cl2N4/c18-11-5-6-15-13(9-11)17(12-3-1-2-4-14(12)19)20-8-7-16-22-21-10-23(15)16/h1-6,9-10H,7-8H2/b20-17-. The molecule has 0 amide bonds. The summed E-state index contributed by atoms with van der Waals surface area (Å²) in [7, 11) is 0. The summed E-state index contributed by atoms with van der Waals surface area (Å²) < 4.78 is 1.98. The van der Waals surface area contributed by atoms with Crippen LogP contribution in [0.2, 0.25) is 10.0 Å². The molecular formula is C17H12Cl2N4. The van der Waals surface area contributed by atoms with E-state index in [-0.39, 0.29) is 0 Å². The van der Waals surface area contributed by atoms with Gasteiger partial charge in [-0.3, -0.25) is 9.56 Å². The molecule has 114 valence electrons. The van der Waals surface area contributed by atoms with Crippen molar-refractivity contribution in [2.24, 2.45) is 4.99 Å². The molecule has 4 rings (SSSR count). The van der Waals surface area contributed by atoms with Crippen molar-refractivity contribution in [1.29, 1.82) is 0 Å². The number of aliphatic imine (C=N–C) groups is 1. The maximum absolute atomic E-state index is 6.39. The fraction of sp³-hybridized carbons (Fsp3) is 0.118. The lowest BCUT2D eigenvalue weighted by atomic mass is 9.99. The lowest BCUT2D eigenvalue weighted by Crippen LogP contribution is -2.15. The van der Waals surface area contributed by atoms with E-state index in [2.05, 4.69) is 10.2 Å². The molecule has 0 bridgehead atoms. The molecule has 0 unspecified atom stereocenters. The Kier molecular flexibility index (Phi) is 3.63. The quantitative estimate of drug-likeness (QED) is 0.671. The van der Waals surface area contributed by atoms with Crippen LogP contribution in [0.4, 0.5) is 0 Å². The van der Waals surface area contributed by atoms with Crippen LogP contribution >= 0.6 is 23.2 Å². The molecule has 23 heavy (non-hydrogen) atoms. The van der Waals surface area contributed by atoms with Crippen LogP contribution in [0.1, 0.15) is 17.0 Å². The number of hydrogen-bond acceptors (Lipinski definition) is 3. The predicted octanol–water partition coefficient (Wildman–Crippen LogP) is 3.97. The van der Waals surface area contributed by atoms with Crippen LogP contribution in [0.5, 0.6) is 0 Å². The molecule has 0 aliphatic carbocycles. The van der Waals surface area contributed by atoms with E-state index in [1.807, 2.05) is 47.0 Å². The van der Waals surface area contributed by atoms with Crippen molar-refractivity contribution in [2.45, 2.75) is 6.42 Å². The third kappa shape index (κ3) is 2.54. The Morgan fingerprint density at radius 2 is 1.87 bits per heavy atom. The number of rotatable bonds is 1. The number of benzene rings is 2. The number of hydrogen-bond donors (Lipinski definition) is 0. The molecule has 2 aromatic carbocycles. The maximum atomic E-state index is 6.39. The van der Waals surface area contributed by atoms with Crippen molar-refractivity contribution in [3.8, 4) is 5.69 Å². The monoisotopic (exact) mass is 342 g/mol. The van der Waals surface area contributed by atoms with Crippen LogP contribution in [0.15, 0.2) is 53.8 Å². The van der Waals surface area contributed by atoms with E-state index in [9.17, 15) is 0 Å². The summed E-state index contributed by atoms with van der Waals surface area (Å²) in [5.74, 6) is 0.885. The minimum atomic E-state index is 0.616. The molecule has 1 aromatic heterocycles. The smallest absolute Gasteiger partial charge is 0.139 e. The van der Waals surface area contributed by atoms with E-state index in [4.69, 9.17) is 28.2 Å². The largest absolute Gasteiger partial charge is 0.285 e. The molecule has 0 fully saturated rings. The van der Waals surface area contributed by atoms with Gasteiger partial charge in [-0.2, -0.15) is 0 Å². The molecule has 0 atom stereocenters. The minimum absolute atomic E-state index is 0.616. The van der Waals surface area contributed by atoms with E-state index in [0.29, 0.717) is 16.6 Å². The Bertz CT molecular complexity index is 914. The molecule has 0 spiro atoms. The van der Waals surface area contributed by atoms with Gasteiger partial charge in [0.05, 0.1) is 11.4 Å². The van der Waals surface area contributed by atoms with Gasteiger partial charge < -0.3 is 0 Å². The molecular weight excluding hydrogens is 331 g/mol. The van der Waals surface area contributed by atoms with Gasteiger partial charge in [-0.25, -0.2) is 0 Å². The van der Waals surface area contributed by atoms with E-state index in [1.54, 1.807) is 6.33 Å². The molecule has 6 heteroatoms. The average Bonchev–Trinajstić information content (AvgIpc) is 2.99. The Morgan fingerprint density at radius 1 is 1.00 bits per heavy atom. The summed E-state index contributed by atoms with van der Waals surface area (Å²) >= 11 is 12.6. The third-order valence-corrected chi connectivity index (χ3v) is 4.39. The molecule has 1 aliphatic rings. The van der Waals surface area contributed by atoms with E-state index in [1.165, 1.54) is 0 Å². The van der Waals surface area contributed by atoms with Crippen molar-refractivity contribution < 1.29 is 0 Å². The molecule has 0 saturated carbocycles. The second-order valence-electron chi connectivity index (χ2n) is 5.24. The molecule has 4 nitrogen and oxygen atoms in total. The van der Waals surface area contributed by atoms with Crippen molar-refractivity contribution in [2.75, 3.05) is 6.54 Å². The van der Waals surface area contributed by atoms with Gasteiger partial charge in [0.1, 0.15) is 12.2 Å². The van der Waals surface area contributed by atoms with Gasteiger partial charge in [0.2, 0.25) is 0 Å². The first-order valence-electron chi connectivity index (χ1n) is 7.22. The summed E-state index contributed by atoms with van der Waals surface area (Å²) in [4.78, 5) is 4.77. The first-order chi connectivity index (χ1) is 11.2. The highest BCUT2D eigenvalue weighted by Crippen LogP contribution is 2.28. The van der Waals surface area contributed by atoms with Crippen LogP contribution in [-0.4, -0.2) is 27.0 Å². The summed E-state index contributed by atoms with van der Waals surface area (Å²) in [5.41, 5.74) is 3.61. The van der Waals surface area contributed by atoms with E-state index in [0.717, 1.165) is 34.8 Å². The number of nitrogens with zero attached hydrogens (tertiary/aromatic N) is 4. The molecule has 0 saturated heterocycles. The Labute approximate surface area is 143 Å². The van der Waals surface area contributed by atoms with Gasteiger partial charge >= 0.3 is 0 Å². The predicted molar refractivity (Wildman–Crippen MR) is 92.0 cm³/mol. The highest BCUT2D eigenvalue weighted by atomic mass is 35.5. The highest BCUT2D eigenvalue weighted by molar-refractivity contribution is 6.36. The highest BCUT2D eigenvalue weighted by Gasteiger charge is 2.20. The van der Waals surface area contributed by atoms with Crippen molar-refractivity contribution in [3.63, 3.8) is 0 Å². The van der Waals surface area contributed by atoms with Crippen LogP contribution in [0, 0.1) is 0 Å². The Balaban J connectivity index is 2.00. The maximum Gasteiger partial charge on any atom is 0.139 e. The lowest BCUT2D eigenvalue weighted by molar-refractivity contribution is 0.823. The molecule has 0 N–H and O–H groups in total. The van der Waals surface area contributed by atoms with Gasteiger partial charge in [0.25, 0.3) is 0 Å². The van der Waals surface area contributed by atoms with Gasteiger partial charge in [0.15, 0.2) is 0 Å². The minimum Gasteiger partial charge on any atom is -0.285 e. The molecule has 1 aliphatic heterocycles. The fourth-order valence-corrected chi connectivity index (χ4v) is 3.17. The second kappa shape index (κ2) is 5.80. The van der Waals surface area contributed by atoms with E-state index >= 15 is 0 Å². The van der Waals surface area contributed by atoms with Crippen molar-refractivity contribution >= 4 is 28.9 Å². The summed E-state index contributed by atoms with van der Waals surface area (Å²) in [5, 5.41) is 9.53. The van der Waals surface area contributed by atoms with Crippen LogP contribution in [0.25, 0.3) is 5.69 Å². The van der Waals surface area contributed by atoms with Gasteiger partial charge in [-0.05, 0) is 24.3 Å². The van der Waals surface area contributed by atoms with Crippen LogP contribution in [0.3, 0.4) is 0 Å². The lowest BCUT2D eigenvalue weighted by Gasteiger charge is -2.18. The number of fused-ring (bicyclic) bond motifs is 3. The number of aromatic nitrogens is 3. The zero-order chi connectivity index (χ0) is 15.8. The summed E-state index contributed by atoms with van der Waals surface area (Å²) in [6, 6.07) is 13.4. The second-order valence-corrected chi connectivity index (χ2v) is 6.08. The van der Waals surface area contributed by atoms with Gasteiger partial charge in [0, 0.05) is 34.1 Å². The first-order valence-corrected chi connectivity index (χ1v) is 7.98. The van der Waals surface area contributed by atoms with Gasteiger partial charge in [-0.1, -0.05) is 41.4 Å². The van der Waals surface area contributed by atoms with E-state index < -0.39 is 0 Å². The normalized spacial score (nSPS) is 15.8. The van der Waals surface area contributed by atoms with Crippen molar-refractivity contribution in [3.05, 3.63) is 75.8 Å². The third-order valence-electron chi connectivity index (χ3n) is 3.83. The van der Waals surface area contributed by atoms with Crippen molar-refractivity contribution in [1.82, 2.24) is 14.8 Å². The SMILES string of the molecule is Clc1ccc2c(c1)/C(c1ccccc1Cl)=N\CCc1nncn1-2. The average molecular weight is 343 g/mol. The van der Waals surface area contributed by atoms with Gasteiger partial charge in [-0.15, -0.1) is 10.2 Å². The van der Waals surface area contributed by atoms with Crippen LogP contribution in [-0.2, 0) is 6.42 Å². The molecule has 3 aromatic rings. The first kappa shape index (κ1) is 14.4. The fourth-order valence-electron chi connectivity index (χ4n) is 2.78. The Hall–Kier alpha value is -2.17. The summed E-state index contributed by atoms with van der Waals surface area (Å²) in [6.45, 7) is 0.616. The zero-order valence-electron chi connectivity index (χ0n) is 12.1. The molecule has 2 heterocycles. The Morgan fingerprint density at radius 3 is 2.74 bits per heavy atom. The topological polar surface area (TPSA) is 43.1 Å². The number of halogens is 2. The zero-order valence-corrected chi connectivity index (χ0v) is 13.6.